The molecule has 1 unspecified atom stereocenters. The second-order valence-corrected chi connectivity index (χ2v) is 7.41. The van der Waals surface area contributed by atoms with Crippen LogP contribution in [-0.2, 0) is 11.3 Å². The number of hydrogen-bond acceptors (Lipinski definition) is 5. The van der Waals surface area contributed by atoms with Crippen molar-refractivity contribution in [1.29, 1.82) is 0 Å². The van der Waals surface area contributed by atoms with E-state index in [4.69, 9.17) is 4.74 Å². The predicted octanol–water partition coefficient (Wildman–Crippen LogP) is 2.89. The second kappa shape index (κ2) is 6.87. The Morgan fingerprint density at radius 2 is 2.35 bits per heavy atom. The second-order valence-electron chi connectivity index (χ2n) is 6.31. The van der Waals surface area contributed by atoms with E-state index in [9.17, 15) is 0 Å². The Balaban J connectivity index is 1.91. The van der Waals surface area contributed by atoms with Crippen LogP contribution in [0, 0.1) is 5.92 Å². The van der Waals surface area contributed by atoms with Crippen LogP contribution in [0.3, 0.4) is 0 Å². The van der Waals surface area contributed by atoms with Gasteiger partial charge in [-0.15, -0.1) is 11.3 Å². The van der Waals surface area contributed by atoms with Gasteiger partial charge >= 0.3 is 0 Å². The zero-order chi connectivity index (χ0) is 14.6. The maximum absolute atomic E-state index is 5.65. The molecule has 0 amide bonds. The van der Waals surface area contributed by atoms with Crippen LogP contribution in [0.2, 0.25) is 0 Å². The van der Waals surface area contributed by atoms with Crippen molar-refractivity contribution in [2.75, 3.05) is 31.6 Å². The van der Waals surface area contributed by atoms with Gasteiger partial charge in [-0.1, -0.05) is 13.8 Å². The molecule has 0 spiro atoms. The summed E-state index contributed by atoms with van der Waals surface area (Å²) in [5.74, 6) is 0.687. The molecule has 1 aliphatic heterocycles. The lowest BCUT2D eigenvalue weighted by atomic mass is 9.95. The average molecular weight is 297 g/mol. The van der Waals surface area contributed by atoms with Gasteiger partial charge in [-0.05, 0) is 32.2 Å². The van der Waals surface area contributed by atoms with E-state index in [0.29, 0.717) is 5.92 Å². The standard InChI is InChI=1S/C15H27N3OS/c1-12(2)8-16-9-13-10-17-14(20-13)18-7-5-6-15(3,11-18)19-4/h10,12,16H,5-9,11H2,1-4H3. The van der Waals surface area contributed by atoms with Crippen LogP contribution < -0.4 is 10.2 Å². The van der Waals surface area contributed by atoms with Gasteiger partial charge in [0.25, 0.3) is 0 Å². The first-order valence-electron chi connectivity index (χ1n) is 7.48. The lowest BCUT2D eigenvalue weighted by molar-refractivity contribution is -0.00466. The fraction of sp³-hybridized carbons (Fsp3) is 0.800. The number of thiazole rings is 1. The summed E-state index contributed by atoms with van der Waals surface area (Å²) in [4.78, 5) is 8.26. The Morgan fingerprint density at radius 3 is 3.05 bits per heavy atom. The Labute approximate surface area is 126 Å². The Bertz CT molecular complexity index is 421. The number of anilines is 1. The Hall–Kier alpha value is -0.650. The maximum atomic E-state index is 5.65. The molecule has 1 fully saturated rings. The normalized spacial score (nSPS) is 23.6. The maximum Gasteiger partial charge on any atom is 0.185 e. The van der Waals surface area contributed by atoms with Gasteiger partial charge < -0.3 is 15.0 Å². The summed E-state index contributed by atoms with van der Waals surface area (Å²) >= 11 is 1.80. The molecular formula is C15H27N3OS. The molecule has 1 aliphatic rings. The van der Waals surface area contributed by atoms with Gasteiger partial charge in [0.15, 0.2) is 5.13 Å². The zero-order valence-corrected chi connectivity index (χ0v) is 13.9. The summed E-state index contributed by atoms with van der Waals surface area (Å²) in [6, 6.07) is 0. The van der Waals surface area contributed by atoms with Crippen molar-refractivity contribution in [3.63, 3.8) is 0 Å². The first kappa shape index (κ1) is 15.7. The molecule has 0 saturated carbocycles. The number of nitrogens with zero attached hydrogens (tertiary/aromatic N) is 2. The summed E-state index contributed by atoms with van der Waals surface area (Å²) in [7, 11) is 1.81. The molecule has 5 heteroatoms. The molecule has 20 heavy (non-hydrogen) atoms. The van der Waals surface area contributed by atoms with Crippen LogP contribution in [0.1, 0.15) is 38.5 Å². The van der Waals surface area contributed by atoms with Crippen LogP contribution in [0.4, 0.5) is 5.13 Å². The average Bonchev–Trinajstić information content (AvgIpc) is 2.87. The Kier molecular flexibility index (Phi) is 5.41. The predicted molar refractivity (Wildman–Crippen MR) is 85.5 cm³/mol. The molecule has 4 nitrogen and oxygen atoms in total. The van der Waals surface area contributed by atoms with Gasteiger partial charge in [-0.2, -0.15) is 0 Å². The van der Waals surface area contributed by atoms with Crippen LogP contribution in [0.15, 0.2) is 6.20 Å². The van der Waals surface area contributed by atoms with Crippen molar-refractivity contribution in [3.8, 4) is 0 Å². The van der Waals surface area contributed by atoms with Crippen LogP contribution in [-0.4, -0.2) is 37.3 Å². The fourth-order valence-corrected chi connectivity index (χ4v) is 3.45. The third-order valence-electron chi connectivity index (χ3n) is 3.82. The van der Waals surface area contributed by atoms with Gasteiger partial charge in [0.1, 0.15) is 0 Å². The van der Waals surface area contributed by atoms with Crippen molar-refractivity contribution in [2.45, 2.75) is 45.8 Å². The summed E-state index contributed by atoms with van der Waals surface area (Å²) in [6.07, 6.45) is 4.31. The zero-order valence-electron chi connectivity index (χ0n) is 13.1. The molecule has 0 aliphatic carbocycles. The van der Waals surface area contributed by atoms with Crippen LogP contribution in [0.5, 0.6) is 0 Å². The number of methoxy groups -OCH3 is 1. The van der Waals surface area contributed by atoms with Crippen LogP contribution >= 0.6 is 11.3 Å². The molecule has 2 rings (SSSR count). The van der Waals surface area contributed by atoms with Crippen LogP contribution in [0.25, 0.3) is 0 Å². The van der Waals surface area contributed by atoms with Gasteiger partial charge in [0.05, 0.1) is 5.60 Å². The number of nitrogens with one attached hydrogen (secondary N) is 1. The van der Waals surface area contributed by atoms with Crippen molar-refractivity contribution in [2.24, 2.45) is 5.92 Å². The van der Waals surface area contributed by atoms with E-state index in [-0.39, 0.29) is 5.60 Å². The minimum absolute atomic E-state index is 0.0278. The first-order valence-corrected chi connectivity index (χ1v) is 8.29. The summed E-state index contributed by atoms with van der Waals surface area (Å²) in [5.41, 5.74) is -0.0278. The number of piperidine rings is 1. The van der Waals surface area contributed by atoms with E-state index in [1.807, 2.05) is 13.3 Å². The highest BCUT2D eigenvalue weighted by atomic mass is 32.1. The minimum Gasteiger partial charge on any atom is -0.377 e. The number of rotatable bonds is 6. The molecular weight excluding hydrogens is 270 g/mol. The highest BCUT2D eigenvalue weighted by Crippen LogP contribution is 2.30. The van der Waals surface area contributed by atoms with Gasteiger partial charge in [-0.25, -0.2) is 4.98 Å². The first-order chi connectivity index (χ1) is 9.52. The SMILES string of the molecule is COC1(C)CCCN(c2ncc(CNCC(C)C)s2)C1. The van der Waals surface area contributed by atoms with Gasteiger partial charge in [0, 0.05) is 37.8 Å². The largest absolute Gasteiger partial charge is 0.377 e. The van der Waals surface area contributed by atoms with Gasteiger partial charge in [-0.3, -0.25) is 0 Å². The minimum atomic E-state index is -0.0278. The third-order valence-corrected chi connectivity index (χ3v) is 4.87. The molecule has 0 radical (unpaired) electrons. The van der Waals surface area contributed by atoms with Gasteiger partial charge in [0.2, 0.25) is 0 Å². The molecule has 114 valence electrons. The van der Waals surface area contributed by atoms with E-state index in [1.165, 1.54) is 11.3 Å². The summed E-state index contributed by atoms with van der Waals surface area (Å²) in [6.45, 7) is 10.7. The summed E-state index contributed by atoms with van der Waals surface area (Å²) in [5, 5.41) is 4.61. The van der Waals surface area contributed by atoms with Crippen molar-refractivity contribution in [3.05, 3.63) is 11.1 Å². The van der Waals surface area contributed by atoms with Crippen molar-refractivity contribution >= 4 is 16.5 Å². The van der Waals surface area contributed by atoms with Crippen molar-refractivity contribution < 1.29 is 4.74 Å². The number of hydrogen-bond donors (Lipinski definition) is 1. The topological polar surface area (TPSA) is 37.4 Å². The highest BCUT2D eigenvalue weighted by Gasteiger charge is 2.31. The quantitative estimate of drug-likeness (QED) is 0.876. The van der Waals surface area contributed by atoms with E-state index in [0.717, 1.165) is 37.7 Å². The molecule has 1 N–H and O–H groups in total. The van der Waals surface area contributed by atoms with E-state index < -0.39 is 0 Å². The third kappa shape index (κ3) is 4.17. The fourth-order valence-electron chi connectivity index (χ4n) is 2.54. The molecule has 1 saturated heterocycles. The lowest BCUT2D eigenvalue weighted by Crippen LogP contribution is -2.47. The Morgan fingerprint density at radius 1 is 1.55 bits per heavy atom. The molecule has 2 heterocycles. The summed E-state index contributed by atoms with van der Waals surface area (Å²) < 4.78 is 5.65. The lowest BCUT2D eigenvalue weighted by Gasteiger charge is -2.39. The number of aromatic nitrogens is 1. The smallest absolute Gasteiger partial charge is 0.185 e. The molecule has 0 aromatic carbocycles. The molecule has 1 atom stereocenters. The van der Waals surface area contributed by atoms with E-state index >= 15 is 0 Å². The number of ether oxygens (including phenoxy) is 1. The molecule has 1 aromatic heterocycles. The molecule has 1 aromatic rings. The van der Waals surface area contributed by atoms with Crippen molar-refractivity contribution in [1.82, 2.24) is 10.3 Å². The monoisotopic (exact) mass is 297 g/mol. The van der Waals surface area contributed by atoms with E-state index in [2.05, 4.69) is 36.0 Å². The highest BCUT2D eigenvalue weighted by molar-refractivity contribution is 7.15. The van der Waals surface area contributed by atoms with E-state index in [1.54, 1.807) is 11.3 Å². The molecule has 0 bridgehead atoms.